The molecule has 3 rings (SSSR count). The number of nitrogen functional groups attached to an aromatic ring is 1. The number of rotatable bonds is 2. The molecule has 1 heterocycles. The lowest BCUT2D eigenvalue weighted by molar-refractivity contribution is 0.297. The van der Waals surface area contributed by atoms with Gasteiger partial charge in [-0.2, -0.15) is 0 Å². The van der Waals surface area contributed by atoms with Crippen LogP contribution in [-0.4, -0.2) is 13.2 Å². The van der Waals surface area contributed by atoms with E-state index in [4.69, 9.17) is 26.8 Å². The molecule has 0 saturated carbocycles. The number of nitrogens with two attached hydrogens (primary N) is 1. The highest BCUT2D eigenvalue weighted by molar-refractivity contribution is 7.99. The smallest absolute Gasteiger partial charge is 0.162 e. The van der Waals surface area contributed by atoms with Crippen LogP contribution in [0.3, 0.4) is 0 Å². The van der Waals surface area contributed by atoms with Crippen molar-refractivity contribution in [1.82, 2.24) is 0 Å². The Kier molecular flexibility index (Phi) is 3.94. The first kappa shape index (κ1) is 13.5. The van der Waals surface area contributed by atoms with E-state index >= 15 is 0 Å². The largest absolute Gasteiger partial charge is 0.490 e. The van der Waals surface area contributed by atoms with Gasteiger partial charge >= 0.3 is 0 Å². The molecule has 0 spiro atoms. The van der Waals surface area contributed by atoms with Crippen LogP contribution < -0.4 is 15.2 Å². The molecular weight excluding hydrogens is 294 g/mol. The predicted octanol–water partition coefficient (Wildman–Crippen LogP) is 4.23. The summed E-state index contributed by atoms with van der Waals surface area (Å²) in [4.78, 5) is 2.03. The summed E-state index contributed by atoms with van der Waals surface area (Å²) in [6.07, 6.45) is 0.904. The Hall–Kier alpha value is -1.52. The molecule has 1 aliphatic rings. The highest BCUT2D eigenvalue weighted by Gasteiger charge is 2.11. The molecule has 2 N–H and O–H groups in total. The monoisotopic (exact) mass is 307 g/mol. The van der Waals surface area contributed by atoms with Gasteiger partial charge < -0.3 is 15.2 Å². The van der Waals surface area contributed by atoms with Gasteiger partial charge in [-0.25, -0.2) is 0 Å². The summed E-state index contributed by atoms with van der Waals surface area (Å²) in [5.74, 6) is 1.59. The Morgan fingerprint density at radius 3 is 2.60 bits per heavy atom. The van der Waals surface area contributed by atoms with E-state index in [9.17, 15) is 0 Å². The lowest BCUT2D eigenvalue weighted by atomic mass is 10.3. The van der Waals surface area contributed by atoms with Gasteiger partial charge in [-0.15, -0.1) is 0 Å². The van der Waals surface area contributed by atoms with Crippen LogP contribution in [-0.2, 0) is 0 Å². The van der Waals surface area contributed by atoms with Gasteiger partial charge in [0.15, 0.2) is 11.5 Å². The molecule has 0 radical (unpaired) electrons. The first-order chi connectivity index (χ1) is 9.72. The maximum absolute atomic E-state index is 5.97. The molecule has 0 fully saturated rings. The summed E-state index contributed by atoms with van der Waals surface area (Å²) in [5, 5.41) is 0.644. The van der Waals surface area contributed by atoms with Crippen LogP contribution in [0.2, 0.25) is 5.02 Å². The van der Waals surface area contributed by atoms with Crippen molar-refractivity contribution in [1.29, 1.82) is 0 Å². The third-order valence-electron chi connectivity index (χ3n) is 2.92. The molecular formula is C15H14ClNO2S. The molecule has 0 aliphatic carbocycles. The molecule has 3 nitrogen and oxygen atoms in total. The van der Waals surface area contributed by atoms with Crippen molar-refractivity contribution in [3.8, 4) is 11.5 Å². The van der Waals surface area contributed by atoms with Crippen LogP contribution in [0.1, 0.15) is 6.42 Å². The van der Waals surface area contributed by atoms with Crippen LogP contribution in [0.15, 0.2) is 46.2 Å². The molecule has 0 saturated heterocycles. The molecule has 0 aromatic heterocycles. The summed E-state index contributed by atoms with van der Waals surface area (Å²) >= 11 is 7.49. The molecule has 5 heteroatoms. The maximum atomic E-state index is 5.97. The molecule has 20 heavy (non-hydrogen) atoms. The minimum atomic E-state index is 0.644. The van der Waals surface area contributed by atoms with Crippen LogP contribution in [0, 0.1) is 0 Å². The van der Waals surface area contributed by atoms with Gasteiger partial charge in [0.05, 0.1) is 13.2 Å². The van der Waals surface area contributed by atoms with Gasteiger partial charge in [-0.3, -0.25) is 0 Å². The highest BCUT2D eigenvalue weighted by Crippen LogP contribution is 2.38. The minimum Gasteiger partial charge on any atom is -0.490 e. The molecule has 0 amide bonds. The van der Waals surface area contributed by atoms with E-state index in [-0.39, 0.29) is 0 Å². The van der Waals surface area contributed by atoms with E-state index in [0.717, 1.165) is 27.7 Å². The zero-order valence-corrected chi connectivity index (χ0v) is 12.3. The number of benzene rings is 2. The van der Waals surface area contributed by atoms with Crippen molar-refractivity contribution < 1.29 is 9.47 Å². The van der Waals surface area contributed by atoms with Crippen molar-refractivity contribution in [2.45, 2.75) is 16.2 Å². The van der Waals surface area contributed by atoms with E-state index in [1.165, 1.54) is 0 Å². The Bertz CT molecular complexity index is 633. The lowest BCUT2D eigenvalue weighted by Gasteiger charge is -2.10. The molecule has 104 valence electrons. The topological polar surface area (TPSA) is 44.5 Å². The third kappa shape index (κ3) is 2.97. The van der Waals surface area contributed by atoms with E-state index in [1.807, 2.05) is 30.3 Å². The van der Waals surface area contributed by atoms with Crippen molar-refractivity contribution in [2.24, 2.45) is 0 Å². The second-order valence-electron chi connectivity index (χ2n) is 4.44. The Labute approximate surface area is 127 Å². The number of ether oxygens (including phenoxy) is 2. The van der Waals surface area contributed by atoms with Crippen LogP contribution in [0.25, 0.3) is 0 Å². The summed E-state index contributed by atoms with van der Waals surface area (Å²) in [7, 11) is 0. The molecule has 0 bridgehead atoms. The molecule has 0 atom stereocenters. The quantitative estimate of drug-likeness (QED) is 0.843. The number of halogens is 1. The first-order valence-electron chi connectivity index (χ1n) is 6.35. The molecule has 2 aromatic rings. The van der Waals surface area contributed by atoms with Crippen LogP contribution in [0.5, 0.6) is 11.5 Å². The number of hydrogen-bond acceptors (Lipinski definition) is 4. The zero-order valence-electron chi connectivity index (χ0n) is 10.8. The number of fused-ring (bicyclic) bond motifs is 1. The third-order valence-corrected chi connectivity index (χ3v) is 4.24. The highest BCUT2D eigenvalue weighted by atomic mass is 35.5. The average Bonchev–Trinajstić information content (AvgIpc) is 2.66. The number of hydrogen-bond donors (Lipinski definition) is 1. The normalized spacial score (nSPS) is 13.8. The molecule has 1 aliphatic heterocycles. The fourth-order valence-corrected chi connectivity index (χ4v) is 3.00. The maximum Gasteiger partial charge on any atom is 0.162 e. The van der Waals surface area contributed by atoms with E-state index in [2.05, 4.69) is 0 Å². The second-order valence-corrected chi connectivity index (χ2v) is 6.00. The van der Waals surface area contributed by atoms with Gasteiger partial charge in [0.25, 0.3) is 0 Å². The predicted molar refractivity (Wildman–Crippen MR) is 82.0 cm³/mol. The van der Waals surface area contributed by atoms with Gasteiger partial charge in [-0.1, -0.05) is 23.4 Å². The molecule has 0 unspecified atom stereocenters. The summed E-state index contributed by atoms with van der Waals surface area (Å²) in [6, 6.07) is 11.4. The first-order valence-corrected chi connectivity index (χ1v) is 7.54. The summed E-state index contributed by atoms with van der Waals surface area (Å²) in [6.45, 7) is 1.38. The average molecular weight is 308 g/mol. The Balaban J connectivity index is 1.86. The van der Waals surface area contributed by atoms with Gasteiger partial charge in [0.2, 0.25) is 0 Å². The minimum absolute atomic E-state index is 0.644. The standard InChI is InChI=1S/C15H14ClNO2S/c16-10-2-5-15(12(17)8-10)20-11-3-4-13-14(9-11)19-7-1-6-18-13/h2-5,8-9H,1,6-7,17H2. The van der Waals surface area contributed by atoms with Crippen molar-refractivity contribution in [3.05, 3.63) is 41.4 Å². The van der Waals surface area contributed by atoms with E-state index in [1.54, 1.807) is 17.8 Å². The van der Waals surface area contributed by atoms with Gasteiger partial charge in [0, 0.05) is 26.9 Å². The Morgan fingerprint density at radius 2 is 1.80 bits per heavy atom. The fourth-order valence-electron chi connectivity index (χ4n) is 1.95. The number of anilines is 1. The summed E-state index contributed by atoms with van der Waals surface area (Å²) < 4.78 is 11.3. The van der Waals surface area contributed by atoms with Crippen LogP contribution >= 0.6 is 23.4 Å². The Morgan fingerprint density at radius 1 is 1.00 bits per heavy atom. The van der Waals surface area contributed by atoms with Gasteiger partial charge in [-0.05, 0) is 36.4 Å². The lowest BCUT2D eigenvalue weighted by Crippen LogP contribution is -1.97. The van der Waals surface area contributed by atoms with E-state index in [0.29, 0.717) is 23.9 Å². The zero-order chi connectivity index (χ0) is 13.9. The van der Waals surface area contributed by atoms with Crippen LogP contribution in [0.4, 0.5) is 5.69 Å². The second kappa shape index (κ2) is 5.85. The summed E-state index contributed by atoms with van der Waals surface area (Å²) in [5.41, 5.74) is 6.65. The van der Waals surface area contributed by atoms with E-state index < -0.39 is 0 Å². The van der Waals surface area contributed by atoms with Crippen molar-refractivity contribution >= 4 is 29.1 Å². The van der Waals surface area contributed by atoms with Crippen molar-refractivity contribution in [3.63, 3.8) is 0 Å². The SMILES string of the molecule is Nc1cc(Cl)ccc1Sc1ccc2c(c1)OCCCO2. The van der Waals surface area contributed by atoms with Crippen molar-refractivity contribution in [2.75, 3.05) is 18.9 Å². The molecule has 2 aromatic carbocycles. The fraction of sp³-hybridized carbons (Fsp3) is 0.200. The van der Waals surface area contributed by atoms with Gasteiger partial charge in [0.1, 0.15) is 0 Å².